The molecular formula is C60H39N3O. The Kier molecular flexibility index (Phi) is 8.18. The Balaban J connectivity index is 0.961. The van der Waals surface area contributed by atoms with Gasteiger partial charge in [-0.2, -0.15) is 0 Å². The summed E-state index contributed by atoms with van der Waals surface area (Å²) >= 11 is 0. The third-order valence-corrected chi connectivity index (χ3v) is 12.9. The molecule has 0 amide bonds. The molecule has 0 saturated carbocycles. The number of para-hydroxylation sites is 3. The molecule has 0 saturated heterocycles. The summed E-state index contributed by atoms with van der Waals surface area (Å²) in [4.78, 5) is 2.35. The molecule has 300 valence electrons. The summed E-state index contributed by atoms with van der Waals surface area (Å²) < 4.78 is 11.1. The second kappa shape index (κ2) is 14.5. The van der Waals surface area contributed by atoms with Crippen molar-refractivity contribution in [3.8, 4) is 33.6 Å². The van der Waals surface area contributed by atoms with Gasteiger partial charge < -0.3 is 18.5 Å². The molecule has 3 heterocycles. The highest BCUT2D eigenvalue weighted by atomic mass is 16.3. The van der Waals surface area contributed by atoms with E-state index < -0.39 is 0 Å². The second-order valence-electron chi connectivity index (χ2n) is 16.5. The van der Waals surface area contributed by atoms with Gasteiger partial charge >= 0.3 is 0 Å². The van der Waals surface area contributed by atoms with Crippen LogP contribution in [0.1, 0.15) is 0 Å². The molecule has 0 N–H and O–H groups in total. The van der Waals surface area contributed by atoms with Crippen LogP contribution in [0.5, 0.6) is 0 Å². The number of aromatic nitrogens is 2. The van der Waals surface area contributed by atoms with E-state index in [1.807, 2.05) is 12.1 Å². The number of hydrogen-bond donors (Lipinski definition) is 0. The van der Waals surface area contributed by atoms with Crippen molar-refractivity contribution >= 4 is 82.6 Å². The van der Waals surface area contributed by atoms with Gasteiger partial charge in [-0.1, -0.05) is 127 Å². The minimum Gasteiger partial charge on any atom is -0.456 e. The fourth-order valence-electron chi connectivity index (χ4n) is 9.92. The maximum atomic E-state index is 6.29. The summed E-state index contributed by atoms with van der Waals surface area (Å²) in [7, 11) is 0. The van der Waals surface area contributed by atoms with Crippen LogP contribution in [0.4, 0.5) is 17.1 Å². The summed E-state index contributed by atoms with van der Waals surface area (Å²) in [6, 6.07) is 85.2. The zero-order valence-corrected chi connectivity index (χ0v) is 34.8. The fourth-order valence-corrected chi connectivity index (χ4v) is 9.92. The van der Waals surface area contributed by atoms with Gasteiger partial charge in [0.25, 0.3) is 0 Å². The monoisotopic (exact) mass is 817 g/mol. The predicted octanol–water partition coefficient (Wildman–Crippen LogP) is 16.6. The Labute approximate surface area is 369 Å². The molecule has 64 heavy (non-hydrogen) atoms. The lowest BCUT2D eigenvalue weighted by Crippen LogP contribution is -2.10. The molecule has 13 rings (SSSR count). The van der Waals surface area contributed by atoms with E-state index in [0.29, 0.717) is 0 Å². The van der Waals surface area contributed by atoms with Gasteiger partial charge in [-0.15, -0.1) is 0 Å². The van der Waals surface area contributed by atoms with E-state index >= 15 is 0 Å². The maximum absolute atomic E-state index is 6.29. The molecule has 0 bridgehead atoms. The van der Waals surface area contributed by atoms with Gasteiger partial charge in [0.05, 0.1) is 22.1 Å². The van der Waals surface area contributed by atoms with Gasteiger partial charge in [0.2, 0.25) is 0 Å². The summed E-state index contributed by atoms with van der Waals surface area (Å²) in [6.45, 7) is 0. The molecule has 3 aromatic heterocycles. The molecule has 0 aliphatic carbocycles. The molecule has 4 nitrogen and oxygen atoms in total. The van der Waals surface area contributed by atoms with Gasteiger partial charge in [0.1, 0.15) is 11.2 Å². The summed E-state index contributed by atoms with van der Waals surface area (Å²) in [6.07, 6.45) is 0. The van der Waals surface area contributed by atoms with E-state index in [-0.39, 0.29) is 0 Å². The van der Waals surface area contributed by atoms with Crippen molar-refractivity contribution in [3.05, 3.63) is 237 Å². The van der Waals surface area contributed by atoms with E-state index in [2.05, 4.69) is 238 Å². The molecule has 13 aromatic rings. The summed E-state index contributed by atoms with van der Waals surface area (Å²) in [5.41, 5.74) is 16.7. The first kappa shape index (κ1) is 36.1. The van der Waals surface area contributed by atoms with Crippen molar-refractivity contribution in [2.45, 2.75) is 0 Å². The Bertz CT molecular complexity index is 3730. The van der Waals surface area contributed by atoms with Crippen LogP contribution in [0.25, 0.3) is 99.2 Å². The predicted molar refractivity (Wildman–Crippen MR) is 268 cm³/mol. The van der Waals surface area contributed by atoms with E-state index in [4.69, 9.17) is 4.42 Å². The van der Waals surface area contributed by atoms with Crippen molar-refractivity contribution in [3.63, 3.8) is 0 Å². The molecular weight excluding hydrogens is 779 g/mol. The van der Waals surface area contributed by atoms with Crippen molar-refractivity contribution in [2.24, 2.45) is 0 Å². The van der Waals surface area contributed by atoms with Gasteiger partial charge in [-0.3, -0.25) is 0 Å². The van der Waals surface area contributed by atoms with Crippen molar-refractivity contribution in [1.82, 2.24) is 9.13 Å². The maximum Gasteiger partial charge on any atom is 0.135 e. The Hall–Kier alpha value is -8.60. The number of fused-ring (bicyclic) bond motifs is 9. The largest absolute Gasteiger partial charge is 0.456 e. The highest BCUT2D eigenvalue weighted by Gasteiger charge is 2.19. The smallest absolute Gasteiger partial charge is 0.135 e. The standard InChI is InChI=1S/C60H39N3O/c1-3-13-40(14-4-1)42-23-34-57-52(37-42)53-38-43(41-15-5-2-6-16-41)24-35-58(53)63(57)47-31-27-45(28-32-47)61(48-33-36-60-54(39-48)51-19-9-12-22-59(51)64-60)44-25-29-46(30-26-44)62-55-20-10-7-17-49(55)50-18-8-11-21-56(50)62/h1-39H. The van der Waals surface area contributed by atoms with Gasteiger partial charge in [0.15, 0.2) is 0 Å². The first-order valence-corrected chi connectivity index (χ1v) is 21.8. The van der Waals surface area contributed by atoms with Crippen LogP contribution in [0, 0.1) is 0 Å². The molecule has 10 aromatic carbocycles. The van der Waals surface area contributed by atoms with E-state index in [1.54, 1.807) is 0 Å². The van der Waals surface area contributed by atoms with Crippen LogP contribution in [-0.4, -0.2) is 9.13 Å². The average molecular weight is 818 g/mol. The third kappa shape index (κ3) is 5.77. The van der Waals surface area contributed by atoms with Crippen molar-refractivity contribution in [2.75, 3.05) is 4.90 Å². The topological polar surface area (TPSA) is 26.2 Å². The van der Waals surface area contributed by atoms with Crippen LogP contribution in [0.2, 0.25) is 0 Å². The summed E-state index contributed by atoms with van der Waals surface area (Å²) in [5, 5.41) is 7.15. The van der Waals surface area contributed by atoms with Crippen LogP contribution in [0.3, 0.4) is 0 Å². The minimum absolute atomic E-state index is 0.874. The number of benzene rings is 10. The highest BCUT2D eigenvalue weighted by molar-refractivity contribution is 6.12. The molecule has 0 aliphatic rings. The third-order valence-electron chi connectivity index (χ3n) is 12.9. The van der Waals surface area contributed by atoms with Crippen LogP contribution < -0.4 is 4.90 Å². The molecule has 0 spiro atoms. The zero-order valence-electron chi connectivity index (χ0n) is 34.8. The van der Waals surface area contributed by atoms with Crippen LogP contribution in [0.15, 0.2) is 241 Å². The van der Waals surface area contributed by atoms with E-state index in [9.17, 15) is 0 Å². The minimum atomic E-state index is 0.874. The first-order chi connectivity index (χ1) is 31.7. The summed E-state index contributed by atoms with van der Waals surface area (Å²) in [5.74, 6) is 0. The fraction of sp³-hybridized carbons (Fsp3) is 0. The zero-order chi connectivity index (χ0) is 42.1. The lowest BCUT2D eigenvalue weighted by Gasteiger charge is -2.26. The quantitative estimate of drug-likeness (QED) is 0.160. The number of nitrogens with zero attached hydrogens (tertiary/aromatic N) is 3. The first-order valence-electron chi connectivity index (χ1n) is 21.8. The van der Waals surface area contributed by atoms with Crippen molar-refractivity contribution in [1.29, 1.82) is 0 Å². The molecule has 0 fully saturated rings. The van der Waals surface area contributed by atoms with Gasteiger partial charge in [0, 0.05) is 60.8 Å². The molecule has 0 aliphatic heterocycles. The number of hydrogen-bond acceptors (Lipinski definition) is 2. The Morgan fingerprint density at radius 2 is 0.688 bits per heavy atom. The number of anilines is 3. The van der Waals surface area contributed by atoms with E-state index in [1.165, 1.54) is 65.9 Å². The molecule has 0 radical (unpaired) electrons. The lowest BCUT2D eigenvalue weighted by molar-refractivity contribution is 0.669. The molecule has 0 atom stereocenters. The second-order valence-corrected chi connectivity index (χ2v) is 16.5. The number of rotatable bonds is 7. The van der Waals surface area contributed by atoms with Gasteiger partial charge in [-0.25, -0.2) is 0 Å². The lowest BCUT2D eigenvalue weighted by atomic mass is 10.0. The van der Waals surface area contributed by atoms with Crippen LogP contribution >= 0.6 is 0 Å². The Morgan fingerprint density at radius 3 is 1.22 bits per heavy atom. The normalized spacial score (nSPS) is 11.8. The average Bonchev–Trinajstić information content (AvgIpc) is 4.02. The number of furan rings is 1. The highest BCUT2D eigenvalue weighted by Crippen LogP contribution is 2.42. The Morgan fingerprint density at radius 1 is 0.266 bits per heavy atom. The molecule has 4 heteroatoms. The SMILES string of the molecule is c1ccc(-c2ccc3c(c2)c2cc(-c4ccccc4)ccc2n3-c2ccc(N(c3ccc(-n4c5ccccc5c5ccccc54)cc3)c3ccc4oc5ccccc5c4c3)cc2)cc1. The van der Waals surface area contributed by atoms with Crippen molar-refractivity contribution < 1.29 is 4.42 Å². The van der Waals surface area contributed by atoms with Gasteiger partial charge in [-0.05, 0) is 131 Å². The molecule has 0 unspecified atom stereocenters. The van der Waals surface area contributed by atoms with Crippen LogP contribution in [-0.2, 0) is 0 Å². The van der Waals surface area contributed by atoms with E-state index in [0.717, 1.165) is 50.4 Å².